The predicted molar refractivity (Wildman–Crippen MR) is 51.7 cm³/mol. The quantitative estimate of drug-likeness (QED) is 0.742. The summed E-state index contributed by atoms with van der Waals surface area (Å²) < 4.78 is 0. The highest BCUT2D eigenvalue weighted by Crippen LogP contribution is 2.28. The number of nitriles is 1. The fourth-order valence-electron chi connectivity index (χ4n) is 1.44. The molecule has 2 aliphatic rings. The van der Waals surface area contributed by atoms with Crippen LogP contribution in [0.3, 0.4) is 0 Å². The van der Waals surface area contributed by atoms with E-state index in [4.69, 9.17) is 5.26 Å². The zero-order chi connectivity index (χ0) is 10.8. The van der Waals surface area contributed by atoms with Crippen LogP contribution in [0.5, 0.6) is 0 Å². The second kappa shape index (κ2) is 3.89. The molecular weight excluding hydrogens is 194 g/mol. The predicted octanol–water partition coefficient (Wildman–Crippen LogP) is 0.763. The van der Waals surface area contributed by atoms with Gasteiger partial charge in [-0.2, -0.15) is 5.26 Å². The highest BCUT2D eigenvalue weighted by atomic mass is 16.2. The van der Waals surface area contributed by atoms with Gasteiger partial charge in [-0.1, -0.05) is 0 Å². The molecule has 0 aromatic heterocycles. The second-order valence-corrected chi connectivity index (χ2v) is 4.05. The molecule has 2 rings (SSSR count). The van der Waals surface area contributed by atoms with Gasteiger partial charge in [0.1, 0.15) is 6.42 Å². The molecule has 0 radical (unpaired) electrons. The Morgan fingerprint density at radius 2 is 2.00 bits per heavy atom. The highest BCUT2D eigenvalue weighted by molar-refractivity contribution is 5.96. The van der Waals surface area contributed by atoms with E-state index in [0.29, 0.717) is 0 Å². The molecule has 2 fully saturated rings. The smallest absolute Gasteiger partial charge is 0.324 e. The minimum Gasteiger partial charge on any atom is -0.335 e. The molecule has 0 unspecified atom stereocenters. The molecule has 2 saturated carbocycles. The van der Waals surface area contributed by atoms with Crippen LogP contribution in [0, 0.1) is 11.3 Å². The molecule has 0 atom stereocenters. The van der Waals surface area contributed by atoms with Gasteiger partial charge >= 0.3 is 6.03 Å². The van der Waals surface area contributed by atoms with E-state index >= 15 is 0 Å². The number of imide groups is 1. The summed E-state index contributed by atoms with van der Waals surface area (Å²) in [6, 6.07) is 1.74. The van der Waals surface area contributed by atoms with Crippen LogP contribution < -0.4 is 5.32 Å². The monoisotopic (exact) mass is 207 g/mol. The number of carbonyl (C=O) groups is 2. The van der Waals surface area contributed by atoms with E-state index in [1.54, 1.807) is 6.07 Å². The molecule has 15 heavy (non-hydrogen) atoms. The van der Waals surface area contributed by atoms with Crippen LogP contribution in [0.1, 0.15) is 32.1 Å². The van der Waals surface area contributed by atoms with Crippen molar-refractivity contribution in [1.82, 2.24) is 10.2 Å². The summed E-state index contributed by atoms with van der Waals surface area (Å²) >= 11 is 0. The normalized spacial score (nSPS) is 19.1. The lowest BCUT2D eigenvalue weighted by Gasteiger charge is -2.19. The van der Waals surface area contributed by atoms with Crippen molar-refractivity contribution in [1.29, 1.82) is 5.26 Å². The van der Waals surface area contributed by atoms with E-state index in [0.717, 1.165) is 25.7 Å². The molecule has 0 bridgehead atoms. The average Bonchev–Trinajstić information content (AvgIpc) is 2.97. The topological polar surface area (TPSA) is 73.2 Å². The number of hydrogen-bond acceptors (Lipinski definition) is 3. The van der Waals surface area contributed by atoms with Gasteiger partial charge in [-0.05, 0) is 25.7 Å². The maximum Gasteiger partial charge on any atom is 0.324 e. The highest BCUT2D eigenvalue weighted by Gasteiger charge is 2.38. The van der Waals surface area contributed by atoms with E-state index in [9.17, 15) is 9.59 Å². The summed E-state index contributed by atoms with van der Waals surface area (Å²) in [4.78, 5) is 24.4. The van der Waals surface area contributed by atoms with Crippen molar-refractivity contribution in [2.24, 2.45) is 0 Å². The summed E-state index contributed by atoms with van der Waals surface area (Å²) in [6.45, 7) is 0. The van der Waals surface area contributed by atoms with Crippen molar-refractivity contribution >= 4 is 11.9 Å². The third-order valence-corrected chi connectivity index (χ3v) is 2.53. The average molecular weight is 207 g/mol. The van der Waals surface area contributed by atoms with Crippen molar-refractivity contribution < 1.29 is 9.59 Å². The van der Waals surface area contributed by atoms with Crippen LogP contribution in [-0.2, 0) is 4.79 Å². The van der Waals surface area contributed by atoms with Gasteiger partial charge in [0, 0.05) is 12.1 Å². The van der Waals surface area contributed by atoms with Crippen LogP contribution >= 0.6 is 0 Å². The first-order valence-electron chi connectivity index (χ1n) is 5.22. The first-order valence-corrected chi connectivity index (χ1v) is 5.22. The van der Waals surface area contributed by atoms with Gasteiger partial charge in [0.05, 0.1) is 6.07 Å². The number of nitrogens with one attached hydrogen (secondary N) is 1. The Morgan fingerprint density at radius 1 is 1.33 bits per heavy atom. The summed E-state index contributed by atoms with van der Waals surface area (Å²) in [5.41, 5.74) is 0. The molecule has 5 heteroatoms. The number of nitrogens with zero attached hydrogens (tertiary/aromatic N) is 2. The molecule has 0 heterocycles. The Hall–Kier alpha value is -1.57. The minimum absolute atomic E-state index is 0.0320. The van der Waals surface area contributed by atoms with Gasteiger partial charge < -0.3 is 5.32 Å². The molecule has 2 aliphatic carbocycles. The molecule has 0 saturated heterocycles. The van der Waals surface area contributed by atoms with Gasteiger partial charge in [-0.15, -0.1) is 0 Å². The Labute approximate surface area is 88.0 Å². The molecular formula is C10H13N3O2. The molecule has 0 aromatic rings. The van der Waals surface area contributed by atoms with Crippen LogP contribution in [0.15, 0.2) is 0 Å². The first-order chi connectivity index (χ1) is 7.22. The van der Waals surface area contributed by atoms with Crippen molar-refractivity contribution in [2.45, 2.75) is 44.2 Å². The third-order valence-electron chi connectivity index (χ3n) is 2.53. The molecule has 1 N–H and O–H groups in total. The molecule has 80 valence electrons. The standard InChI is InChI=1S/C10H13N3O2/c11-6-5-9(14)13(8-3-4-8)10(15)12-7-1-2-7/h7-8H,1-5H2,(H,12,15). The lowest BCUT2D eigenvalue weighted by Crippen LogP contribution is -2.45. The van der Waals surface area contributed by atoms with Crippen LogP contribution in [0.2, 0.25) is 0 Å². The number of rotatable bonds is 3. The number of amides is 3. The Morgan fingerprint density at radius 3 is 2.47 bits per heavy atom. The fraction of sp³-hybridized carbons (Fsp3) is 0.700. The zero-order valence-corrected chi connectivity index (χ0v) is 8.40. The van der Waals surface area contributed by atoms with Crippen LogP contribution in [-0.4, -0.2) is 28.9 Å². The largest absolute Gasteiger partial charge is 0.335 e. The molecule has 0 aliphatic heterocycles. The van der Waals surface area contributed by atoms with Gasteiger partial charge in [0.25, 0.3) is 0 Å². The van der Waals surface area contributed by atoms with Crippen molar-refractivity contribution in [3.05, 3.63) is 0 Å². The van der Waals surface area contributed by atoms with Gasteiger partial charge in [0.2, 0.25) is 5.91 Å². The molecule has 0 aromatic carbocycles. The van der Waals surface area contributed by atoms with Gasteiger partial charge in [-0.25, -0.2) is 4.79 Å². The zero-order valence-electron chi connectivity index (χ0n) is 8.40. The molecule has 5 nitrogen and oxygen atoms in total. The Balaban J connectivity index is 1.95. The van der Waals surface area contributed by atoms with E-state index in [1.807, 2.05) is 0 Å². The van der Waals surface area contributed by atoms with E-state index in [1.165, 1.54) is 4.90 Å². The lowest BCUT2D eigenvalue weighted by molar-refractivity contribution is -0.127. The van der Waals surface area contributed by atoms with Crippen LogP contribution in [0.4, 0.5) is 4.79 Å². The maximum absolute atomic E-state index is 11.7. The summed E-state index contributed by atoms with van der Waals surface area (Å²) in [7, 11) is 0. The SMILES string of the molecule is N#CCC(=O)N(C(=O)NC1CC1)C1CC1. The fourth-order valence-corrected chi connectivity index (χ4v) is 1.44. The molecule has 3 amide bonds. The first kappa shape index (κ1) is 9.97. The van der Waals surface area contributed by atoms with E-state index < -0.39 is 0 Å². The van der Waals surface area contributed by atoms with Gasteiger partial charge in [-0.3, -0.25) is 9.69 Å². The van der Waals surface area contributed by atoms with E-state index in [2.05, 4.69) is 5.32 Å². The Kier molecular flexibility index (Phi) is 2.58. The number of carbonyl (C=O) groups excluding carboxylic acids is 2. The lowest BCUT2D eigenvalue weighted by atomic mass is 10.4. The summed E-state index contributed by atoms with van der Waals surface area (Å²) in [5, 5.41) is 11.2. The summed E-state index contributed by atoms with van der Waals surface area (Å²) in [6.07, 6.45) is 3.52. The van der Waals surface area contributed by atoms with Crippen LogP contribution in [0.25, 0.3) is 0 Å². The van der Waals surface area contributed by atoms with Crippen molar-refractivity contribution in [3.63, 3.8) is 0 Å². The number of urea groups is 1. The van der Waals surface area contributed by atoms with Gasteiger partial charge in [0.15, 0.2) is 0 Å². The second-order valence-electron chi connectivity index (χ2n) is 4.05. The Bertz CT molecular complexity index is 326. The maximum atomic E-state index is 11.7. The van der Waals surface area contributed by atoms with Crippen molar-refractivity contribution in [3.8, 4) is 6.07 Å². The number of hydrogen-bond donors (Lipinski definition) is 1. The minimum atomic E-state index is -0.377. The third kappa shape index (κ3) is 2.46. The summed E-state index contributed by atoms with van der Waals surface area (Å²) in [5.74, 6) is -0.377. The molecule has 0 spiro atoms. The van der Waals surface area contributed by atoms with Crippen molar-refractivity contribution in [2.75, 3.05) is 0 Å². The van der Waals surface area contributed by atoms with E-state index in [-0.39, 0.29) is 30.4 Å².